The molecule has 0 bridgehead atoms. The first-order valence-corrected chi connectivity index (χ1v) is 7.43. The minimum atomic E-state index is 0.148. The Hall–Kier alpha value is -1.62. The first kappa shape index (κ1) is 14.8. The summed E-state index contributed by atoms with van der Waals surface area (Å²) in [5.41, 5.74) is 3.45. The molecule has 0 saturated carbocycles. The van der Waals surface area contributed by atoms with Crippen LogP contribution in [0, 0.1) is 6.92 Å². The van der Waals surface area contributed by atoms with Crippen LogP contribution in [-0.4, -0.2) is 26.1 Å². The van der Waals surface area contributed by atoms with Gasteiger partial charge in [0.15, 0.2) is 0 Å². The number of nitrogens with zero attached hydrogens (tertiary/aromatic N) is 4. The number of hydrogen-bond acceptors (Lipinski definition) is 3. The van der Waals surface area contributed by atoms with E-state index < -0.39 is 0 Å². The van der Waals surface area contributed by atoms with Gasteiger partial charge >= 0.3 is 0 Å². The van der Waals surface area contributed by atoms with Gasteiger partial charge in [-0.1, -0.05) is 13.8 Å². The number of rotatable bonds is 7. The highest BCUT2D eigenvalue weighted by Crippen LogP contribution is 2.22. The Morgan fingerprint density at radius 1 is 1.25 bits per heavy atom. The molecule has 5 nitrogen and oxygen atoms in total. The van der Waals surface area contributed by atoms with Crippen molar-refractivity contribution < 1.29 is 0 Å². The summed E-state index contributed by atoms with van der Waals surface area (Å²) in [5, 5.41) is 12.5. The van der Waals surface area contributed by atoms with Gasteiger partial charge in [-0.2, -0.15) is 10.2 Å². The third-order valence-corrected chi connectivity index (χ3v) is 3.41. The van der Waals surface area contributed by atoms with Gasteiger partial charge in [0.2, 0.25) is 0 Å². The van der Waals surface area contributed by atoms with Crippen molar-refractivity contribution in [3.05, 3.63) is 35.4 Å². The molecule has 110 valence electrons. The molecule has 0 aromatic carbocycles. The lowest BCUT2D eigenvalue weighted by molar-refractivity contribution is 0.491. The molecule has 0 aliphatic carbocycles. The lowest BCUT2D eigenvalue weighted by atomic mass is 10.1. The van der Waals surface area contributed by atoms with Crippen molar-refractivity contribution in [3.63, 3.8) is 0 Å². The maximum atomic E-state index is 4.47. The minimum absolute atomic E-state index is 0.148. The zero-order chi connectivity index (χ0) is 14.5. The van der Waals surface area contributed by atoms with Crippen LogP contribution in [-0.2, 0) is 13.6 Å². The first-order valence-electron chi connectivity index (χ1n) is 7.43. The summed E-state index contributed by atoms with van der Waals surface area (Å²) in [6.07, 6.45) is 4.07. The Bertz CT molecular complexity index is 540. The van der Waals surface area contributed by atoms with Crippen LogP contribution in [0.1, 0.15) is 49.8 Å². The number of nitrogens with one attached hydrogen (secondary N) is 1. The molecule has 2 aromatic heterocycles. The van der Waals surface area contributed by atoms with E-state index in [2.05, 4.69) is 46.2 Å². The van der Waals surface area contributed by atoms with Gasteiger partial charge in [0, 0.05) is 19.8 Å². The predicted octanol–water partition coefficient (Wildman–Crippen LogP) is 2.42. The van der Waals surface area contributed by atoms with Crippen LogP contribution in [0.15, 0.2) is 18.3 Å². The molecule has 1 unspecified atom stereocenters. The van der Waals surface area contributed by atoms with Crippen LogP contribution in [0.2, 0.25) is 0 Å². The Morgan fingerprint density at radius 2 is 2.05 bits per heavy atom. The molecule has 0 radical (unpaired) electrons. The molecule has 1 N–H and O–H groups in total. The highest BCUT2D eigenvalue weighted by molar-refractivity contribution is 5.23. The monoisotopic (exact) mass is 275 g/mol. The summed E-state index contributed by atoms with van der Waals surface area (Å²) in [7, 11) is 2.00. The summed E-state index contributed by atoms with van der Waals surface area (Å²) in [5.74, 6) is 0. The Kier molecular flexibility index (Phi) is 4.95. The predicted molar refractivity (Wildman–Crippen MR) is 80.6 cm³/mol. The van der Waals surface area contributed by atoms with Gasteiger partial charge in [-0.25, -0.2) is 0 Å². The second-order valence-electron chi connectivity index (χ2n) is 5.20. The normalized spacial score (nSPS) is 12.8. The van der Waals surface area contributed by atoms with Crippen LogP contribution in [0.25, 0.3) is 0 Å². The van der Waals surface area contributed by atoms with E-state index in [1.165, 1.54) is 11.4 Å². The van der Waals surface area contributed by atoms with Crippen molar-refractivity contribution in [1.29, 1.82) is 0 Å². The molecular formula is C15H25N5. The fourth-order valence-electron chi connectivity index (χ4n) is 2.54. The molecule has 1 atom stereocenters. The van der Waals surface area contributed by atoms with E-state index in [1.54, 1.807) is 0 Å². The van der Waals surface area contributed by atoms with Crippen LogP contribution < -0.4 is 5.32 Å². The molecule has 0 spiro atoms. The second kappa shape index (κ2) is 6.70. The van der Waals surface area contributed by atoms with Gasteiger partial charge in [0.25, 0.3) is 0 Å². The zero-order valence-corrected chi connectivity index (χ0v) is 12.9. The standard InChI is InChI=1S/C15H25N5/c1-5-8-16-15(14-11-12(3)18-19(14)4)13-7-9-17-20(13)10-6-2/h7,9,11,15-16H,5-6,8,10H2,1-4H3. The minimum Gasteiger partial charge on any atom is -0.304 e. The molecule has 0 saturated heterocycles. The van der Waals surface area contributed by atoms with Crippen molar-refractivity contribution in [1.82, 2.24) is 24.9 Å². The topological polar surface area (TPSA) is 47.7 Å². The van der Waals surface area contributed by atoms with Gasteiger partial charge in [-0.15, -0.1) is 0 Å². The van der Waals surface area contributed by atoms with E-state index in [4.69, 9.17) is 0 Å². The lowest BCUT2D eigenvalue weighted by Crippen LogP contribution is -2.27. The molecule has 0 aliphatic heterocycles. The zero-order valence-electron chi connectivity index (χ0n) is 12.9. The molecule has 0 amide bonds. The van der Waals surface area contributed by atoms with Crippen LogP contribution in [0.4, 0.5) is 0 Å². The van der Waals surface area contributed by atoms with Crippen molar-refractivity contribution in [2.45, 2.75) is 46.2 Å². The number of aromatic nitrogens is 4. The Balaban J connectivity index is 2.36. The van der Waals surface area contributed by atoms with E-state index in [-0.39, 0.29) is 6.04 Å². The highest BCUT2D eigenvalue weighted by atomic mass is 15.3. The van der Waals surface area contributed by atoms with Gasteiger partial charge in [0.1, 0.15) is 0 Å². The summed E-state index contributed by atoms with van der Waals surface area (Å²) in [6, 6.07) is 4.40. The fourth-order valence-corrected chi connectivity index (χ4v) is 2.54. The van der Waals surface area contributed by atoms with Gasteiger partial charge in [0.05, 0.1) is 23.1 Å². The third-order valence-electron chi connectivity index (χ3n) is 3.41. The fraction of sp³-hybridized carbons (Fsp3) is 0.600. The quantitative estimate of drug-likeness (QED) is 0.844. The van der Waals surface area contributed by atoms with Crippen molar-refractivity contribution in [3.8, 4) is 0 Å². The molecule has 20 heavy (non-hydrogen) atoms. The highest BCUT2D eigenvalue weighted by Gasteiger charge is 2.21. The van der Waals surface area contributed by atoms with Crippen molar-refractivity contribution >= 4 is 0 Å². The van der Waals surface area contributed by atoms with E-state index in [1.807, 2.05) is 24.9 Å². The summed E-state index contributed by atoms with van der Waals surface area (Å²) in [4.78, 5) is 0. The molecule has 5 heteroatoms. The molecule has 2 rings (SSSR count). The van der Waals surface area contributed by atoms with E-state index in [9.17, 15) is 0 Å². The molecular weight excluding hydrogens is 250 g/mol. The first-order chi connectivity index (χ1) is 9.67. The van der Waals surface area contributed by atoms with Crippen LogP contribution in [0.5, 0.6) is 0 Å². The summed E-state index contributed by atoms with van der Waals surface area (Å²) in [6.45, 7) is 8.31. The van der Waals surface area contributed by atoms with E-state index in [0.29, 0.717) is 0 Å². The number of hydrogen-bond donors (Lipinski definition) is 1. The van der Waals surface area contributed by atoms with Crippen LogP contribution in [0.3, 0.4) is 0 Å². The second-order valence-corrected chi connectivity index (χ2v) is 5.20. The van der Waals surface area contributed by atoms with Crippen LogP contribution >= 0.6 is 0 Å². The third kappa shape index (κ3) is 3.10. The van der Waals surface area contributed by atoms with E-state index >= 15 is 0 Å². The molecule has 0 fully saturated rings. The van der Waals surface area contributed by atoms with Crippen molar-refractivity contribution in [2.24, 2.45) is 7.05 Å². The lowest BCUT2D eigenvalue weighted by Gasteiger charge is -2.20. The summed E-state index contributed by atoms with van der Waals surface area (Å²) >= 11 is 0. The molecule has 2 heterocycles. The van der Waals surface area contributed by atoms with Gasteiger partial charge < -0.3 is 5.32 Å². The molecule has 2 aromatic rings. The largest absolute Gasteiger partial charge is 0.304 e. The maximum absolute atomic E-state index is 4.47. The van der Waals surface area contributed by atoms with Gasteiger partial charge in [-0.3, -0.25) is 9.36 Å². The maximum Gasteiger partial charge on any atom is 0.0918 e. The average molecular weight is 275 g/mol. The average Bonchev–Trinajstić information content (AvgIpc) is 2.99. The number of aryl methyl sites for hydroxylation is 3. The smallest absolute Gasteiger partial charge is 0.0918 e. The Labute approximate surface area is 121 Å². The Morgan fingerprint density at radius 3 is 2.65 bits per heavy atom. The summed E-state index contributed by atoms with van der Waals surface area (Å²) < 4.78 is 4.06. The SMILES string of the molecule is CCCNC(c1cc(C)nn1C)c1ccnn1CCC. The van der Waals surface area contributed by atoms with Gasteiger partial charge in [-0.05, 0) is 38.4 Å². The molecule has 0 aliphatic rings. The van der Waals surface area contributed by atoms with E-state index in [0.717, 1.165) is 31.6 Å². The van der Waals surface area contributed by atoms with Crippen molar-refractivity contribution in [2.75, 3.05) is 6.54 Å².